The fourth-order valence-electron chi connectivity index (χ4n) is 2.57. The molecule has 1 aromatic carbocycles. The maximum absolute atomic E-state index is 12.4. The van der Waals surface area contributed by atoms with Crippen LogP contribution in [0.1, 0.15) is 41.6 Å². The average molecular weight is 308 g/mol. The van der Waals surface area contributed by atoms with Gasteiger partial charge in [0.05, 0.1) is 17.1 Å². The third-order valence-corrected chi connectivity index (χ3v) is 3.85. The van der Waals surface area contributed by atoms with E-state index in [9.17, 15) is 4.79 Å². The van der Waals surface area contributed by atoms with E-state index in [0.717, 1.165) is 16.9 Å². The van der Waals surface area contributed by atoms with E-state index in [4.69, 9.17) is 0 Å². The number of nitrogens with zero attached hydrogens (tertiary/aromatic N) is 2. The summed E-state index contributed by atoms with van der Waals surface area (Å²) in [5.41, 5.74) is 3.67. The molecule has 1 atom stereocenters. The van der Waals surface area contributed by atoms with E-state index in [1.165, 1.54) is 5.56 Å². The summed E-state index contributed by atoms with van der Waals surface area (Å²) in [5, 5.41) is 3.06. The lowest BCUT2D eigenvalue weighted by Gasteiger charge is -2.20. The molecule has 0 spiro atoms. The first-order chi connectivity index (χ1) is 11.0. The van der Waals surface area contributed by atoms with Crippen molar-refractivity contribution in [2.45, 2.75) is 26.8 Å². The van der Waals surface area contributed by atoms with Crippen molar-refractivity contribution in [2.75, 3.05) is 0 Å². The van der Waals surface area contributed by atoms with Crippen molar-refractivity contribution in [2.24, 2.45) is 5.92 Å². The highest BCUT2D eigenvalue weighted by Gasteiger charge is 2.22. The number of benzene rings is 1. The molecule has 118 valence electrons. The Morgan fingerprint density at radius 3 is 2.61 bits per heavy atom. The van der Waals surface area contributed by atoms with E-state index in [0.29, 0.717) is 5.56 Å². The Morgan fingerprint density at radius 1 is 1.17 bits per heavy atom. The quantitative estimate of drug-likeness (QED) is 0.776. The lowest BCUT2D eigenvalue weighted by Crippen LogP contribution is -2.32. The molecule has 1 amide bonds. The first-order valence-electron chi connectivity index (χ1n) is 7.72. The molecule has 2 heterocycles. The molecule has 0 aliphatic heterocycles. The first-order valence-corrected chi connectivity index (χ1v) is 7.72. The topological polar surface area (TPSA) is 70.7 Å². The summed E-state index contributed by atoms with van der Waals surface area (Å²) in [7, 11) is 0. The highest BCUT2D eigenvalue weighted by Crippen LogP contribution is 2.23. The monoisotopic (exact) mass is 308 g/mol. The number of amides is 1. The van der Waals surface area contributed by atoms with Gasteiger partial charge in [-0.2, -0.15) is 0 Å². The molecule has 0 saturated carbocycles. The van der Waals surface area contributed by atoms with E-state index in [-0.39, 0.29) is 17.9 Å². The fourth-order valence-corrected chi connectivity index (χ4v) is 2.57. The number of hydrogen-bond donors (Lipinski definition) is 2. The molecule has 0 fully saturated rings. The minimum absolute atomic E-state index is 0.122. The molecule has 0 bridgehead atoms. The second kappa shape index (κ2) is 6.20. The van der Waals surface area contributed by atoms with Gasteiger partial charge in [-0.05, 0) is 42.7 Å². The van der Waals surface area contributed by atoms with E-state index in [2.05, 4.69) is 40.2 Å². The van der Waals surface area contributed by atoms with Gasteiger partial charge >= 0.3 is 0 Å². The van der Waals surface area contributed by atoms with E-state index >= 15 is 0 Å². The van der Waals surface area contributed by atoms with Gasteiger partial charge in [0.1, 0.15) is 5.82 Å². The number of aromatic nitrogens is 3. The number of pyridine rings is 1. The van der Waals surface area contributed by atoms with Crippen molar-refractivity contribution in [3.63, 3.8) is 0 Å². The summed E-state index contributed by atoms with van der Waals surface area (Å²) in [6.07, 6.45) is 3.23. The number of hydrogen-bond acceptors (Lipinski definition) is 3. The Kier molecular flexibility index (Phi) is 4.10. The minimum Gasteiger partial charge on any atom is -0.342 e. The molecule has 0 saturated heterocycles. The Hall–Kier alpha value is -2.69. The molecule has 23 heavy (non-hydrogen) atoms. The number of aryl methyl sites for hydroxylation is 1. The van der Waals surface area contributed by atoms with Crippen molar-refractivity contribution in [3.8, 4) is 0 Å². The molecule has 3 aromatic rings. The highest BCUT2D eigenvalue weighted by atomic mass is 16.1. The van der Waals surface area contributed by atoms with Crippen LogP contribution in [0, 0.1) is 12.8 Å². The van der Waals surface area contributed by atoms with Crippen molar-refractivity contribution >= 4 is 16.9 Å². The summed E-state index contributed by atoms with van der Waals surface area (Å²) < 4.78 is 0. The average Bonchev–Trinajstić information content (AvgIpc) is 2.95. The van der Waals surface area contributed by atoms with Gasteiger partial charge in [-0.1, -0.05) is 19.9 Å². The molecule has 0 radical (unpaired) electrons. The van der Waals surface area contributed by atoms with Crippen molar-refractivity contribution in [1.29, 1.82) is 0 Å². The molecule has 5 heteroatoms. The molecule has 1 unspecified atom stereocenters. The zero-order chi connectivity index (χ0) is 16.4. The van der Waals surface area contributed by atoms with Gasteiger partial charge in [0, 0.05) is 18.0 Å². The third kappa shape index (κ3) is 3.23. The summed E-state index contributed by atoms with van der Waals surface area (Å²) >= 11 is 0. The molecular formula is C18H20N4O. The van der Waals surface area contributed by atoms with Crippen LogP contribution in [0.2, 0.25) is 0 Å². The van der Waals surface area contributed by atoms with Gasteiger partial charge in [-0.15, -0.1) is 0 Å². The number of nitrogens with one attached hydrogen (secondary N) is 2. The summed E-state index contributed by atoms with van der Waals surface area (Å²) in [5.74, 6) is 0.869. The number of fused-ring (bicyclic) bond motifs is 1. The molecular weight excluding hydrogens is 288 g/mol. The first kappa shape index (κ1) is 15.2. The van der Waals surface area contributed by atoms with Crippen molar-refractivity contribution in [3.05, 3.63) is 59.7 Å². The molecule has 2 aromatic heterocycles. The largest absolute Gasteiger partial charge is 0.342 e. The maximum Gasteiger partial charge on any atom is 0.251 e. The smallest absolute Gasteiger partial charge is 0.251 e. The Labute approximate surface area is 135 Å². The zero-order valence-corrected chi connectivity index (χ0v) is 13.5. The van der Waals surface area contributed by atoms with Crippen molar-refractivity contribution < 1.29 is 4.79 Å². The lowest BCUT2D eigenvalue weighted by molar-refractivity contribution is 0.0923. The number of H-pyrrole nitrogens is 1. The minimum atomic E-state index is -0.177. The summed E-state index contributed by atoms with van der Waals surface area (Å²) in [6, 6.07) is 9.32. The van der Waals surface area contributed by atoms with Crippen LogP contribution in [0.15, 0.2) is 42.7 Å². The third-order valence-electron chi connectivity index (χ3n) is 3.85. The number of aromatic amines is 1. The highest BCUT2D eigenvalue weighted by molar-refractivity contribution is 5.94. The lowest BCUT2D eigenvalue weighted by atomic mass is 10.0. The zero-order valence-electron chi connectivity index (χ0n) is 13.5. The second-order valence-corrected chi connectivity index (χ2v) is 6.07. The van der Waals surface area contributed by atoms with Crippen LogP contribution in [0.4, 0.5) is 0 Å². The Morgan fingerprint density at radius 2 is 1.91 bits per heavy atom. The van der Waals surface area contributed by atoms with E-state index in [1.807, 2.05) is 19.1 Å². The number of carbonyl (C=O) groups excluding carboxylic acids is 1. The summed E-state index contributed by atoms with van der Waals surface area (Å²) in [4.78, 5) is 24.3. The van der Waals surface area contributed by atoms with E-state index in [1.54, 1.807) is 24.5 Å². The van der Waals surface area contributed by atoms with Crippen LogP contribution < -0.4 is 5.32 Å². The predicted octanol–water partition coefficient (Wildman–Crippen LogP) is 3.39. The molecule has 5 nitrogen and oxygen atoms in total. The van der Waals surface area contributed by atoms with Crippen LogP contribution in [0.25, 0.3) is 11.0 Å². The van der Waals surface area contributed by atoms with E-state index < -0.39 is 0 Å². The van der Waals surface area contributed by atoms with Crippen LogP contribution in [0.5, 0.6) is 0 Å². The second-order valence-electron chi connectivity index (χ2n) is 6.07. The van der Waals surface area contributed by atoms with Crippen LogP contribution in [-0.2, 0) is 0 Å². The molecule has 3 rings (SSSR count). The van der Waals surface area contributed by atoms with Crippen LogP contribution in [-0.4, -0.2) is 20.9 Å². The van der Waals surface area contributed by atoms with Gasteiger partial charge in [0.2, 0.25) is 0 Å². The van der Waals surface area contributed by atoms with Gasteiger partial charge in [-0.3, -0.25) is 9.78 Å². The van der Waals surface area contributed by atoms with Gasteiger partial charge in [-0.25, -0.2) is 4.98 Å². The molecule has 0 aliphatic carbocycles. The van der Waals surface area contributed by atoms with Gasteiger partial charge in [0.25, 0.3) is 5.91 Å². The molecule has 0 aliphatic rings. The number of rotatable bonds is 4. The fraction of sp³-hybridized carbons (Fsp3) is 0.278. The SMILES string of the molecule is Cc1ccc2nc(C(NC(=O)c3ccncc3)C(C)C)[nH]c2c1. The maximum atomic E-state index is 12.4. The van der Waals surface area contributed by atoms with Gasteiger partial charge < -0.3 is 10.3 Å². The van der Waals surface area contributed by atoms with Crippen molar-refractivity contribution in [1.82, 2.24) is 20.3 Å². The molecule has 2 N–H and O–H groups in total. The van der Waals surface area contributed by atoms with Crippen LogP contribution in [0.3, 0.4) is 0 Å². The van der Waals surface area contributed by atoms with Crippen LogP contribution >= 0.6 is 0 Å². The Bertz CT molecular complexity index is 823. The summed E-state index contributed by atoms with van der Waals surface area (Å²) in [6.45, 7) is 6.18. The standard InChI is InChI=1S/C18H20N4O/c1-11(2)16(22-18(23)13-6-8-19-9-7-13)17-20-14-5-4-12(3)10-15(14)21-17/h4-11,16H,1-3H3,(H,20,21)(H,22,23). The normalized spacial score (nSPS) is 12.5. The van der Waals surface area contributed by atoms with Gasteiger partial charge in [0.15, 0.2) is 0 Å². The number of carbonyl (C=O) groups is 1. The Balaban J connectivity index is 1.90. The number of imidazole rings is 1. The predicted molar refractivity (Wildman–Crippen MR) is 90.1 cm³/mol.